The Kier molecular flexibility index (Phi) is 5.66. The number of ether oxygens (including phenoxy) is 1. The van der Waals surface area contributed by atoms with E-state index in [9.17, 15) is 13.6 Å². The number of carbonyl (C=O) groups excluding carboxylic acids is 1. The second kappa shape index (κ2) is 8.13. The van der Waals surface area contributed by atoms with E-state index >= 15 is 0 Å². The summed E-state index contributed by atoms with van der Waals surface area (Å²) in [7, 11) is 0. The van der Waals surface area contributed by atoms with Crippen molar-refractivity contribution in [3.8, 4) is 11.4 Å². The van der Waals surface area contributed by atoms with Crippen LogP contribution in [0.1, 0.15) is 23.1 Å². The van der Waals surface area contributed by atoms with Gasteiger partial charge in [0.25, 0.3) is 5.91 Å². The van der Waals surface area contributed by atoms with Crippen molar-refractivity contribution in [1.82, 2.24) is 15.0 Å². The van der Waals surface area contributed by atoms with Gasteiger partial charge >= 0.3 is 6.61 Å². The van der Waals surface area contributed by atoms with Crippen molar-refractivity contribution < 1.29 is 18.3 Å². The summed E-state index contributed by atoms with van der Waals surface area (Å²) in [4.78, 5) is 12.6. The van der Waals surface area contributed by atoms with Gasteiger partial charge in [-0.05, 0) is 42.8 Å². The molecule has 0 radical (unpaired) electrons. The number of benzene rings is 2. The highest BCUT2D eigenvalue weighted by Gasteiger charge is 2.20. The number of nitrogens with zero attached hydrogens (tertiary/aromatic N) is 3. The molecule has 0 bridgehead atoms. The van der Waals surface area contributed by atoms with Gasteiger partial charge in [-0.15, -0.1) is 5.10 Å². The number of alkyl halides is 2. The third-order valence-corrected chi connectivity index (χ3v) is 4.07. The molecule has 0 aliphatic heterocycles. The summed E-state index contributed by atoms with van der Waals surface area (Å²) in [5.41, 5.74) is 1.76. The van der Waals surface area contributed by atoms with Gasteiger partial charge in [-0.2, -0.15) is 8.78 Å². The molecule has 140 valence electrons. The van der Waals surface area contributed by atoms with Crippen molar-refractivity contribution in [2.24, 2.45) is 0 Å². The topological polar surface area (TPSA) is 69.0 Å². The first-order valence-corrected chi connectivity index (χ1v) is 8.43. The van der Waals surface area contributed by atoms with Gasteiger partial charge in [0.05, 0.1) is 22.1 Å². The molecule has 27 heavy (non-hydrogen) atoms. The molecule has 1 aromatic heterocycles. The van der Waals surface area contributed by atoms with Crippen molar-refractivity contribution in [3.05, 3.63) is 64.9 Å². The fourth-order valence-electron chi connectivity index (χ4n) is 2.52. The number of para-hydroxylation sites is 1. The Morgan fingerprint density at radius 1 is 1.22 bits per heavy atom. The maximum Gasteiger partial charge on any atom is 0.387 e. The SMILES string of the molecule is CCc1c(C(=O)Nc2ccccc2Cl)nnn1-c1ccc(OC(F)F)cc1. The highest BCUT2D eigenvalue weighted by Crippen LogP contribution is 2.23. The minimum absolute atomic E-state index is 0.0311. The van der Waals surface area contributed by atoms with Gasteiger partial charge in [0, 0.05) is 0 Å². The molecule has 0 unspecified atom stereocenters. The van der Waals surface area contributed by atoms with E-state index in [1.165, 1.54) is 16.8 Å². The van der Waals surface area contributed by atoms with E-state index in [1.807, 2.05) is 6.92 Å². The molecule has 0 aliphatic carbocycles. The molecular weight excluding hydrogens is 378 g/mol. The molecule has 2 aromatic carbocycles. The second-order valence-electron chi connectivity index (χ2n) is 5.46. The fourth-order valence-corrected chi connectivity index (χ4v) is 2.70. The zero-order valence-electron chi connectivity index (χ0n) is 14.2. The van der Waals surface area contributed by atoms with Crippen LogP contribution in [0.2, 0.25) is 5.02 Å². The van der Waals surface area contributed by atoms with Crippen molar-refractivity contribution in [1.29, 1.82) is 0 Å². The summed E-state index contributed by atoms with van der Waals surface area (Å²) in [5, 5.41) is 11.1. The Hall–Kier alpha value is -3.00. The molecule has 1 heterocycles. The lowest BCUT2D eigenvalue weighted by atomic mass is 10.2. The Morgan fingerprint density at radius 2 is 1.93 bits per heavy atom. The third kappa shape index (κ3) is 4.22. The molecule has 6 nitrogen and oxygen atoms in total. The Bertz CT molecular complexity index is 945. The maximum absolute atomic E-state index is 12.6. The van der Waals surface area contributed by atoms with Crippen molar-refractivity contribution >= 4 is 23.2 Å². The summed E-state index contributed by atoms with van der Waals surface area (Å²) in [6.07, 6.45) is 0.480. The van der Waals surface area contributed by atoms with E-state index in [0.717, 1.165) is 0 Å². The van der Waals surface area contributed by atoms with Gasteiger partial charge in [-0.3, -0.25) is 4.79 Å². The van der Waals surface area contributed by atoms with E-state index in [0.29, 0.717) is 28.5 Å². The third-order valence-electron chi connectivity index (χ3n) is 3.74. The Labute approximate surface area is 158 Å². The number of halogens is 3. The van der Waals surface area contributed by atoms with Crippen LogP contribution in [-0.4, -0.2) is 27.5 Å². The molecule has 0 spiro atoms. The van der Waals surface area contributed by atoms with Gasteiger partial charge in [0.15, 0.2) is 5.69 Å². The van der Waals surface area contributed by atoms with Gasteiger partial charge in [-0.25, -0.2) is 4.68 Å². The van der Waals surface area contributed by atoms with E-state index < -0.39 is 12.5 Å². The minimum atomic E-state index is -2.89. The maximum atomic E-state index is 12.6. The number of amides is 1. The largest absolute Gasteiger partial charge is 0.435 e. The van der Waals surface area contributed by atoms with Gasteiger partial charge < -0.3 is 10.1 Å². The minimum Gasteiger partial charge on any atom is -0.435 e. The number of nitrogens with one attached hydrogen (secondary N) is 1. The fraction of sp³-hybridized carbons (Fsp3) is 0.167. The van der Waals surface area contributed by atoms with E-state index in [1.54, 1.807) is 36.4 Å². The predicted octanol–water partition coefficient (Wildman–Crippen LogP) is 4.34. The number of aromatic nitrogens is 3. The van der Waals surface area contributed by atoms with Crippen LogP contribution in [0.15, 0.2) is 48.5 Å². The molecule has 0 saturated carbocycles. The molecular formula is C18H15ClF2N4O2. The zero-order chi connectivity index (χ0) is 19.4. The summed E-state index contributed by atoms with van der Waals surface area (Å²) in [6.45, 7) is -1.04. The van der Waals surface area contributed by atoms with Crippen LogP contribution in [0.4, 0.5) is 14.5 Å². The van der Waals surface area contributed by atoms with Gasteiger partial charge in [0.1, 0.15) is 5.75 Å². The molecule has 9 heteroatoms. The molecule has 0 aliphatic rings. The first kappa shape index (κ1) is 18.8. The number of carbonyl (C=O) groups is 1. The van der Waals surface area contributed by atoms with Crippen LogP contribution in [0.5, 0.6) is 5.75 Å². The number of anilines is 1. The quantitative estimate of drug-likeness (QED) is 0.677. The van der Waals surface area contributed by atoms with Crippen LogP contribution < -0.4 is 10.1 Å². The normalized spacial score (nSPS) is 10.9. The van der Waals surface area contributed by atoms with Gasteiger partial charge in [0.2, 0.25) is 0 Å². The highest BCUT2D eigenvalue weighted by molar-refractivity contribution is 6.33. The molecule has 0 fully saturated rings. The molecule has 3 rings (SSSR count). The van der Waals surface area contributed by atoms with E-state index in [-0.39, 0.29) is 11.4 Å². The summed E-state index contributed by atoms with van der Waals surface area (Å²) < 4.78 is 30.3. The van der Waals surface area contributed by atoms with Crippen LogP contribution in [0.25, 0.3) is 5.69 Å². The first-order chi connectivity index (χ1) is 13.0. The van der Waals surface area contributed by atoms with Crippen molar-refractivity contribution in [2.45, 2.75) is 20.0 Å². The lowest BCUT2D eigenvalue weighted by Gasteiger charge is -2.09. The Balaban J connectivity index is 1.86. The average molecular weight is 393 g/mol. The molecule has 0 atom stereocenters. The van der Waals surface area contributed by atoms with Crippen LogP contribution >= 0.6 is 11.6 Å². The van der Waals surface area contributed by atoms with Crippen molar-refractivity contribution in [2.75, 3.05) is 5.32 Å². The summed E-state index contributed by atoms with van der Waals surface area (Å²) in [5.74, 6) is -0.410. The molecule has 0 saturated heterocycles. The predicted molar refractivity (Wildman–Crippen MR) is 96.8 cm³/mol. The highest BCUT2D eigenvalue weighted by atomic mass is 35.5. The summed E-state index contributed by atoms with van der Waals surface area (Å²) >= 11 is 6.06. The smallest absolute Gasteiger partial charge is 0.387 e. The second-order valence-corrected chi connectivity index (χ2v) is 5.86. The van der Waals surface area contributed by atoms with Crippen molar-refractivity contribution in [3.63, 3.8) is 0 Å². The van der Waals surface area contributed by atoms with Gasteiger partial charge in [-0.1, -0.05) is 35.9 Å². The molecule has 1 amide bonds. The number of rotatable bonds is 6. The van der Waals surface area contributed by atoms with E-state index in [2.05, 4.69) is 20.4 Å². The molecule has 3 aromatic rings. The molecule has 1 N–H and O–H groups in total. The standard InChI is InChI=1S/C18H15ClF2N4O2/c1-2-15-16(17(26)22-14-6-4-3-5-13(14)19)23-24-25(15)11-7-9-12(10-8-11)27-18(20)21/h3-10,18H,2H2,1H3,(H,22,26). The average Bonchev–Trinajstić information content (AvgIpc) is 3.08. The first-order valence-electron chi connectivity index (χ1n) is 8.05. The van der Waals surface area contributed by atoms with Crippen LogP contribution in [-0.2, 0) is 6.42 Å². The lowest BCUT2D eigenvalue weighted by Crippen LogP contribution is -2.15. The lowest BCUT2D eigenvalue weighted by molar-refractivity contribution is -0.0498. The number of hydrogen-bond donors (Lipinski definition) is 1. The summed E-state index contributed by atoms with van der Waals surface area (Å²) in [6, 6.07) is 12.8. The van der Waals surface area contributed by atoms with Crippen LogP contribution in [0, 0.1) is 0 Å². The van der Waals surface area contributed by atoms with Crippen LogP contribution in [0.3, 0.4) is 0 Å². The van der Waals surface area contributed by atoms with E-state index in [4.69, 9.17) is 11.6 Å². The number of hydrogen-bond acceptors (Lipinski definition) is 4. The Morgan fingerprint density at radius 3 is 2.56 bits per heavy atom. The zero-order valence-corrected chi connectivity index (χ0v) is 15.0. The monoisotopic (exact) mass is 392 g/mol.